The van der Waals surface area contributed by atoms with Crippen molar-refractivity contribution in [3.63, 3.8) is 0 Å². The molecule has 2 heterocycles. The van der Waals surface area contributed by atoms with Crippen LogP contribution in [-0.2, 0) is 11.2 Å². The second-order valence-electron chi connectivity index (χ2n) is 6.22. The van der Waals surface area contributed by atoms with Gasteiger partial charge in [-0.25, -0.2) is 0 Å². The van der Waals surface area contributed by atoms with Gasteiger partial charge in [0.05, 0.1) is 11.8 Å². The Morgan fingerprint density at radius 2 is 2.08 bits per heavy atom. The normalized spacial score (nSPS) is 18.4. The Hall–Kier alpha value is -2.56. The molecule has 2 amide bonds. The second-order valence-corrected chi connectivity index (χ2v) is 6.22. The zero-order valence-corrected chi connectivity index (χ0v) is 13.8. The monoisotopic (exact) mass is 326 g/mol. The van der Waals surface area contributed by atoms with Crippen molar-refractivity contribution in [1.82, 2.24) is 10.2 Å². The van der Waals surface area contributed by atoms with Crippen molar-refractivity contribution in [2.75, 3.05) is 6.54 Å². The van der Waals surface area contributed by atoms with Crippen LogP contribution in [-0.4, -0.2) is 35.3 Å². The molecule has 1 fully saturated rings. The number of benzene rings is 1. The number of carbonyl (C=O) groups excluding carboxylic acids is 2. The third-order valence-corrected chi connectivity index (χ3v) is 4.48. The molecule has 0 saturated carbocycles. The minimum Gasteiger partial charge on any atom is -0.472 e. The Morgan fingerprint density at radius 3 is 2.79 bits per heavy atom. The van der Waals surface area contributed by atoms with Gasteiger partial charge in [-0.2, -0.15) is 0 Å². The van der Waals surface area contributed by atoms with Crippen molar-refractivity contribution in [2.45, 2.75) is 38.3 Å². The average molecular weight is 326 g/mol. The van der Waals surface area contributed by atoms with Crippen LogP contribution >= 0.6 is 0 Å². The van der Waals surface area contributed by atoms with E-state index in [0.29, 0.717) is 5.56 Å². The molecule has 3 rings (SSSR count). The summed E-state index contributed by atoms with van der Waals surface area (Å²) in [6.45, 7) is 2.49. The van der Waals surface area contributed by atoms with E-state index in [4.69, 9.17) is 4.42 Å². The molecule has 2 atom stereocenters. The summed E-state index contributed by atoms with van der Waals surface area (Å²) in [5, 5.41) is 2.75. The number of hydrogen-bond donors (Lipinski definition) is 1. The summed E-state index contributed by atoms with van der Waals surface area (Å²) >= 11 is 0. The summed E-state index contributed by atoms with van der Waals surface area (Å²) in [5.41, 5.74) is 1.66. The lowest BCUT2D eigenvalue weighted by Gasteiger charge is -2.28. The standard InChI is InChI=1S/C19H22N2O3/c1-14(20-18(22)16-9-11-24-13-16)19(23)21-10-5-8-17(21)12-15-6-3-2-4-7-15/h2-4,6-7,9,11,13-14,17H,5,8,10,12H2,1H3,(H,20,22)/t14-,17+/m0/s1. The minimum absolute atomic E-state index is 0.0229. The molecule has 1 aliphatic heterocycles. The fraction of sp³-hybridized carbons (Fsp3) is 0.368. The SMILES string of the molecule is C[C@H](NC(=O)c1ccoc1)C(=O)N1CCC[C@@H]1Cc1ccccc1. The molecule has 126 valence electrons. The summed E-state index contributed by atoms with van der Waals surface area (Å²) in [5.74, 6) is -0.311. The zero-order chi connectivity index (χ0) is 16.9. The van der Waals surface area contributed by atoms with Crippen molar-refractivity contribution in [1.29, 1.82) is 0 Å². The molecule has 2 aromatic rings. The molecular weight excluding hydrogens is 304 g/mol. The van der Waals surface area contributed by atoms with Gasteiger partial charge in [-0.1, -0.05) is 30.3 Å². The lowest BCUT2D eigenvalue weighted by atomic mass is 10.0. The van der Waals surface area contributed by atoms with Crippen LogP contribution in [0.3, 0.4) is 0 Å². The topological polar surface area (TPSA) is 62.6 Å². The number of nitrogens with zero attached hydrogens (tertiary/aromatic N) is 1. The largest absolute Gasteiger partial charge is 0.472 e. The predicted octanol–water partition coefficient (Wildman–Crippen LogP) is 2.63. The fourth-order valence-corrected chi connectivity index (χ4v) is 3.21. The number of amides is 2. The number of likely N-dealkylation sites (tertiary alicyclic amines) is 1. The molecule has 0 bridgehead atoms. The first kappa shape index (κ1) is 16.3. The molecule has 0 spiro atoms. The van der Waals surface area contributed by atoms with Gasteiger partial charge in [0, 0.05) is 12.6 Å². The van der Waals surface area contributed by atoms with E-state index in [0.717, 1.165) is 25.8 Å². The van der Waals surface area contributed by atoms with Gasteiger partial charge in [-0.05, 0) is 37.8 Å². The van der Waals surface area contributed by atoms with E-state index in [1.807, 2.05) is 23.1 Å². The molecule has 0 unspecified atom stereocenters. The van der Waals surface area contributed by atoms with E-state index in [9.17, 15) is 9.59 Å². The Labute approximate surface area is 141 Å². The van der Waals surface area contributed by atoms with Crippen LogP contribution < -0.4 is 5.32 Å². The van der Waals surface area contributed by atoms with E-state index in [1.165, 1.54) is 18.1 Å². The van der Waals surface area contributed by atoms with E-state index >= 15 is 0 Å². The van der Waals surface area contributed by atoms with Gasteiger partial charge in [-0.3, -0.25) is 9.59 Å². The zero-order valence-electron chi connectivity index (χ0n) is 13.8. The molecule has 0 aliphatic carbocycles. The quantitative estimate of drug-likeness (QED) is 0.919. The van der Waals surface area contributed by atoms with Gasteiger partial charge in [0.25, 0.3) is 5.91 Å². The molecule has 1 aliphatic rings. The summed E-state index contributed by atoms with van der Waals surface area (Å²) in [7, 11) is 0. The highest BCUT2D eigenvalue weighted by Crippen LogP contribution is 2.22. The summed E-state index contributed by atoms with van der Waals surface area (Å²) in [6, 6.07) is 11.4. The lowest BCUT2D eigenvalue weighted by Crippen LogP contribution is -2.49. The molecular formula is C19H22N2O3. The third kappa shape index (κ3) is 3.67. The lowest BCUT2D eigenvalue weighted by molar-refractivity contribution is -0.133. The highest BCUT2D eigenvalue weighted by Gasteiger charge is 2.32. The Balaban J connectivity index is 1.61. The minimum atomic E-state index is -0.552. The number of rotatable bonds is 5. The van der Waals surface area contributed by atoms with E-state index < -0.39 is 6.04 Å². The molecule has 1 aromatic heterocycles. The number of furan rings is 1. The first-order valence-electron chi connectivity index (χ1n) is 8.32. The van der Waals surface area contributed by atoms with Crippen molar-refractivity contribution < 1.29 is 14.0 Å². The molecule has 5 nitrogen and oxygen atoms in total. The first-order chi connectivity index (χ1) is 11.6. The third-order valence-electron chi connectivity index (χ3n) is 4.48. The van der Waals surface area contributed by atoms with Crippen molar-refractivity contribution in [2.24, 2.45) is 0 Å². The van der Waals surface area contributed by atoms with E-state index in [-0.39, 0.29) is 17.9 Å². The van der Waals surface area contributed by atoms with Crippen LogP contribution in [0.1, 0.15) is 35.7 Å². The molecule has 24 heavy (non-hydrogen) atoms. The highest BCUT2D eigenvalue weighted by molar-refractivity contribution is 5.97. The predicted molar refractivity (Wildman–Crippen MR) is 90.5 cm³/mol. The fourth-order valence-electron chi connectivity index (χ4n) is 3.21. The molecule has 0 radical (unpaired) electrons. The van der Waals surface area contributed by atoms with Gasteiger partial charge in [0.2, 0.25) is 5.91 Å². The molecule has 1 saturated heterocycles. The number of nitrogens with one attached hydrogen (secondary N) is 1. The van der Waals surface area contributed by atoms with E-state index in [2.05, 4.69) is 17.4 Å². The van der Waals surface area contributed by atoms with E-state index in [1.54, 1.807) is 13.0 Å². The second kappa shape index (κ2) is 7.34. The summed E-state index contributed by atoms with van der Waals surface area (Å²) in [4.78, 5) is 26.7. The van der Waals surface area contributed by atoms with Crippen LogP contribution in [0.25, 0.3) is 0 Å². The Bertz CT molecular complexity index is 682. The van der Waals surface area contributed by atoms with Gasteiger partial charge in [0.15, 0.2) is 0 Å². The summed E-state index contributed by atoms with van der Waals surface area (Å²) < 4.78 is 4.90. The Morgan fingerprint density at radius 1 is 1.29 bits per heavy atom. The first-order valence-corrected chi connectivity index (χ1v) is 8.32. The van der Waals surface area contributed by atoms with Crippen LogP contribution in [0.4, 0.5) is 0 Å². The van der Waals surface area contributed by atoms with Crippen molar-refractivity contribution in [3.05, 3.63) is 60.1 Å². The number of hydrogen-bond acceptors (Lipinski definition) is 3. The van der Waals surface area contributed by atoms with Crippen LogP contribution in [0.5, 0.6) is 0 Å². The van der Waals surface area contributed by atoms with Gasteiger partial charge in [-0.15, -0.1) is 0 Å². The smallest absolute Gasteiger partial charge is 0.255 e. The van der Waals surface area contributed by atoms with Crippen LogP contribution in [0.15, 0.2) is 53.3 Å². The molecule has 5 heteroatoms. The van der Waals surface area contributed by atoms with Crippen molar-refractivity contribution >= 4 is 11.8 Å². The van der Waals surface area contributed by atoms with Crippen LogP contribution in [0, 0.1) is 0 Å². The summed E-state index contributed by atoms with van der Waals surface area (Å²) in [6.07, 6.45) is 5.68. The molecule has 1 aromatic carbocycles. The van der Waals surface area contributed by atoms with Gasteiger partial charge < -0.3 is 14.6 Å². The average Bonchev–Trinajstić information content (AvgIpc) is 3.27. The molecule has 1 N–H and O–H groups in total. The van der Waals surface area contributed by atoms with Crippen LogP contribution in [0.2, 0.25) is 0 Å². The number of carbonyl (C=O) groups is 2. The van der Waals surface area contributed by atoms with Gasteiger partial charge >= 0.3 is 0 Å². The van der Waals surface area contributed by atoms with Gasteiger partial charge in [0.1, 0.15) is 12.3 Å². The maximum absolute atomic E-state index is 12.7. The highest BCUT2D eigenvalue weighted by atomic mass is 16.3. The van der Waals surface area contributed by atoms with Crippen molar-refractivity contribution in [3.8, 4) is 0 Å². The Kier molecular flexibility index (Phi) is 4.99. The maximum atomic E-state index is 12.7. The maximum Gasteiger partial charge on any atom is 0.255 e.